The van der Waals surface area contributed by atoms with Crippen LogP contribution in [0.25, 0.3) is 0 Å². The van der Waals surface area contributed by atoms with Gasteiger partial charge in [-0.1, -0.05) is 38.8 Å². The van der Waals surface area contributed by atoms with Crippen molar-refractivity contribution in [1.82, 2.24) is 9.03 Å². The Hall–Kier alpha value is -1.11. The van der Waals surface area contributed by atoms with Gasteiger partial charge in [-0.25, -0.2) is 0 Å². The molecule has 0 fully saturated rings. The van der Waals surface area contributed by atoms with E-state index in [4.69, 9.17) is 0 Å². The van der Waals surface area contributed by atoms with Crippen LogP contribution >= 0.6 is 0 Å². The molecule has 0 aliphatic carbocycles. The molecule has 1 aromatic carbocycles. The van der Waals surface area contributed by atoms with E-state index >= 15 is 0 Å². The molecule has 0 heterocycles. The lowest BCUT2D eigenvalue weighted by Crippen LogP contribution is -2.45. The van der Waals surface area contributed by atoms with Crippen molar-refractivity contribution in [3.63, 3.8) is 0 Å². The summed E-state index contributed by atoms with van der Waals surface area (Å²) in [5, 5.41) is 0. The lowest BCUT2D eigenvalue weighted by Gasteiger charge is -2.24. The number of rotatable bonds is 12. The fourth-order valence-corrected chi connectivity index (χ4v) is 4.16. The minimum atomic E-state index is -3.43. The molecule has 1 N–H and O–H groups in total. The molecule has 0 saturated heterocycles. The van der Waals surface area contributed by atoms with E-state index in [9.17, 15) is 8.42 Å². The van der Waals surface area contributed by atoms with Crippen molar-refractivity contribution in [2.24, 2.45) is 0 Å². The van der Waals surface area contributed by atoms with E-state index in [1.165, 1.54) is 0 Å². The van der Waals surface area contributed by atoms with Crippen LogP contribution in [0.1, 0.15) is 52.0 Å². The Morgan fingerprint density at radius 1 is 1.00 bits per heavy atom. The minimum Gasteiger partial charge on any atom is -0.378 e. The molecular formula is C19H35N3O2S. The second kappa shape index (κ2) is 10.8. The van der Waals surface area contributed by atoms with Crippen LogP contribution in [0, 0.1) is 0 Å². The summed E-state index contributed by atoms with van der Waals surface area (Å²) in [5.74, 6) is 0. The Balaban J connectivity index is 2.68. The third kappa shape index (κ3) is 7.75. The lowest BCUT2D eigenvalue weighted by molar-refractivity contribution is 0.384. The number of unbranched alkanes of at least 4 members (excludes halogenated alkanes) is 2. The number of hydrogen-bond donors (Lipinski definition) is 1. The molecule has 144 valence electrons. The van der Waals surface area contributed by atoms with Gasteiger partial charge in [0.25, 0.3) is 10.2 Å². The molecule has 0 aliphatic heterocycles. The molecule has 1 rings (SSSR count). The molecule has 1 atom stereocenters. The van der Waals surface area contributed by atoms with E-state index in [2.05, 4.69) is 47.7 Å². The van der Waals surface area contributed by atoms with Crippen molar-refractivity contribution >= 4 is 15.9 Å². The topological polar surface area (TPSA) is 52.7 Å². The fourth-order valence-electron chi connectivity index (χ4n) is 2.68. The van der Waals surface area contributed by atoms with Gasteiger partial charge in [0.05, 0.1) is 0 Å². The van der Waals surface area contributed by atoms with Crippen LogP contribution in [0.5, 0.6) is 0 Å². The summed E-state index contributed by atoms with van der Waals surface area (Å²) < 4.78 is 29.8. The van der Waals surface area contributed by atoms with Gasteiger partial charge in [-0.05, 0) is 43.9 Å². The highest BCUT2D eigenvalue weighted by atomic mass is 32.2. The Kier molecular flexibility index (Phi) is 9.46. The molecule has 0 aromatic heterocycles. The van der Waals surface area contributed by atoms with Gasteiger partial charge in [-0.15, -0.1) is 0 Å². The molecule has 1 aromatic rings. The monoisotopic (exact) mass is 369 g/mol. The summed E-state index contributed by atoms with van der Waals surface area (Å²) in [6.07, 6.45) is 4.45. The predicted molar refractivity (Wildman–Crippen MR) is 107 cm³/mol. The molecular weight excluding hydrogens is 334 g/mol. The van der Waals surface area contributed by atoms with Gasteiger partial charge in [0.1, 0.15) is 0 Å². The summed E-state index contributed by atoms with van der Waals surface area (Å²) in [6.45, 7) is 7.28. The number of benzene rings is 1. The Bertz CT molecular complexity index is 577. The summed E-state index contributed by atoms with van der Waals surface area (Å²) in [5.41, 5.74) is 2.27. The number of hydrogen-bond acceptors (Lipinski definition) is 3. The van der Waals surface area contributed by atoms with E-state index in [0.29, 0.717) is 19.5 Å². The molecule has 0 radical (unpaired) electrons. The second-order valence-electron chi connectivity index (χ2n) is 6.90. The average Bonchev–Trinajstić information content (AvgIpc) is 2.54. The maximum atomic E-state index is 12.7. The van der Waals surface area contributed by atoms with Crippen LogP contribution in [0.2, 0.25) is 0 Å². The highest BCUT2D eigenvalue weighted by molar-refractivity contribution is 7.87. The maximum Gasteiger partial charge on any atom is 0.279 e. The van der Waals surface area contributed by atoms with Crippen LogP contribution in [0.3, 0.4) is 0 Å². The molecule has 0 amide bonds. The van der Waals surface area contributed by atoms with Gasteiger partial charge < -0.3 is 4.90 Å². The first-order valence-electron chi connectivity index (χ1n) is 9.33. The Morgan fingerprint density at radius 2 is 1.52 bits per heavy atom. The van der Waals surface area contributed by atoms with Crippen molar-refractivity contribution < 1.29 is 8.42 Å². The third-order valence-corrected chi connectivity index (χ3v) is 5.95. The van der Waals surface area contributed by atoms with Crippen LogP contribution in [-0.2, 0) is 16.6 Å². The Morgan fingerprint density at radius 3 is 1.96 bits per heavy atom. The van der Waals surface area contributed by atoms with Crippen LogP contribution in [-0.4, -0.2) is 45.9 Å². The predicted octanol–water partition coefficient (Wildman–Crippen LogP) is 3.42. The number of nitrogens with zero attached hydrogens (tertiary/aromatic N) is 2. The van der Waals surface area contributed by atoms with E-state index in [-0.39, 0.29) is 6.04 Å². The summed E-state index contributed by atoms with van der Waals surface area (Å²) >= 11 is 0. The van der Waals surface area contributed by atoms with Crippen molar-refractivity contribution in [3.05, 3.63) is 29.8 Å². The smallest absolute Gasteiger partial charge is 0.279 e. The van der Waals surface area contributed by atoms with E-state index in [1.807, 2.05) is 21.0 Å². The van der Waals surface area contributed by atoms with Crippen LogP contribution < -0.4 is 9.62 Å². The third-order valence-electron chi connectivity index (χ3n) is 4.21. The highest BCUT2D eigenvalue weighted by Gasteiger charge is 2.23. The summed E-state index contributed by atoms with van der Waals surface area (Å²) in [6, 6.07) is 8.11. The first-order valence-corrected chi connectivity index (χ1v) is 10.8. The molecule has 6 heteroatoms. The normalized spacial score (nSPS) is 13.2. The SMILES string of the molecule is CCCCN(CCCC)S(=O)(=O)NC(C)Cc1ccc(N(C)C)cc1. The van der Waals surface area contributed by atoms with Gasteiger partial charge in [0, 0.05) is 38.9 Å². The quantitative estimate of drug-likeness (QED) is 0.614. The first-order chi connectivity index (χ1) is 11.8. The summed E-state index contributed by atoms with van der Waals surface area (Å²) in [4.78, 5) is 2.05. The molecule has 0 spiro atoms. The van der Waals surface area contributed by atoms with Gasteiger partial charge in [0.15, 0.2) is 0 Å². The summed E-state index contributed by atoms with van der Waals surface area (Å²) in [7, 11) is 0.581. The molecule has 1 unspecified atom stereocenters. The standard InChI is InChI=1S/C19H35N3O2S/c1-6-8-14-22(15-9-7-2)25(23,24)20-17(3)16-18-10-12-19(13-11-18)21(4)5/h10-13,17,20H,6-9,14-16H2,1-5H3. The highest BCUT2D eigenvalue weighted by Crippen LogP contribution is 2.14. The van der Waals surface area contributed by atoms with Crippen molar-refractivity contribution in [1.29, 1.82) is 0 Å². The van der Waals surface area contributed by atoms with Crippen LogP contribution in [0.4, 0.5) is 5.69 Å². The van der Waals surface area contributed by atoms with Crippen molar-refractivity contribution in [2.45, 2.75) is 58.9 Å². The second-order valence-corrected chi connectivity index (χ2v) is 8.60. The van der Waals surface area contributed by atoms with Gasteiger partial charge in [0.2, 0.25) is 0 Å². The zero-order valence-electron chi connectivity index (χ0n) is 16.5. The molecule has 5 nitrogen and oxygen atoms in total. The average molecular weight is 370 g/mol. The molecule has 0 aliphatic rings. The Labute approximate surface area is 154 Å². The zero-order valence-corrected chi connectivity index (χ0v) is 17.3. The largest absolute Gasteiger partial charge is 0.378 e. The number of anilines is 1. The maximum absolute atomic E-state index is 12.7. The van der Waals surface area contributed by atoms with E-state index in [1.54, 1.807) is 4.31 Å². The lowest BCUT2D eigenvalue weighted by atomic mass is 10.1. The zero-order chi connectivity index (χ0) is 18.9. The minimum absolute atomic E-state index is 0.138. The van der Waals surface area contributed by atoms with E-state index < -0.39 is 10.2 Å². The van der Waals surface area contributed by atoms with E-state index in [0.717, 1.165) is 36.9 Å². The van der Waals surface area contributed by atoms with Crippen molar-refractivity contribution in [2.75, 3.05) is 32.1 Å². The van der Waals surface area contributed by atoms with Gasteiger partial charge in [-0.2, -0.15) is 17.4 Å². The molecule has 0 bridgehead atoms. The first kappa shape index (κ1) is 21.9. The fraction of sp³-hybridized carbons (Fsp3) is 0.684. The number of nitrogens with one attached hydrogen (secondary N) is 1. The van der Waals surface area contributed by atoms with Gasteiger partial charge in [-0.3, -0.25) is 0 Å². The molecule has 0 saturated carbocycles. The van der Waals surface area contributed by atoms with Crippen molar-refractivity contribution in [3.8, 4) is 0 Å². The molecule has 25 heavy (non-hydrogen) atoms. The van der Waals surface area contributed by atoms with Gasteiger partial charge >= 0.3 is 0 Å². The van der Waals surface area contributed by atoms with Crippen LogP contribution in [0.15, 0.2) is 24.3 Å².